The summed E-state index contributed by atoms with van der Waals surface area (Å²) in [5, 5.41) is 8.39. The van der Waals surface area contributed by atoms with E-state index in [2.05, 4.69) is 42.9 Å². The SMILES string of the molecule is Cc1ccc(NC(=O)CNC(c2cccs2)C(C)(C)C)cc1. The van der Waals surface area contributed by atoms with Crippen molar-refractivity contribution in [1.29, 1.82) is 0 Å². The van der Waals surface area contributed by atoms with Gasteiger partial charge in [-0.15, -0.1) is 11.3 Å². The van der Waals surface area contributed by atoms with E-state index in [9.17, 15) is 4.79 Å². The van der Waals surface area contributed by atoms with Crippen molar-refractivity contribution in [3.63, 3.8) is 0 Å². The molecule has 0 bridgehead atoms. The molecule has 0 fully saturated rings. The molecule has 3 nitrogen and oxygen atoms in total. The highest BCUT2D eigenvalue weighted by atomic mass is 32.1. The van der Waals surface area contributed by atoms with Crippen LogP contribution in [-0.4, -0.2) is 12.5 Å². The van der Waals surface area contributed by atoms with Gasteiger partial charge in [0.15, 0.2) is 0 Å². The molecule has 22 heavy (non-hydrogen) atoms. The zero-order chi connectivity index (χ0) is 16.2. The average molecular weight is 316 g/mol. The van der Waals surface area contributed by atoms with Gasteiger partial charge in [-0.2, -0.15) is 0 Å². The molecule has 1 heterocycles. The Morgan fingerprint density at radius 2 is 1.86 bits per heavy atom. The monoisotopic (exact) mass is 316 g/mol. The van der Waals surface area contributed by atoms with E-state index in [1.54, 1.807) is 11.3 Å². The number of hydrogen-bond acceptors (Lipinski definition) is 3. The van der Waals surface area contributed by atoms with Crippen LogP contribution in [0, 0.1) is 12.3 Å². The standard InChI is InChI=1S/C18H24N2OS/c1-13-7-9-14(10-8-13)20-16(21)12-19-17(18(2,3)4)15-6-5-11-22-15/h5-11,17,19H,12H2,1-4H3,(H,20,21). The fourth-order valence-electron chi connectivity index (χ4n) is 2.33. The zero-order valence-corrected chi connectivity index (χ0v) is 14.5. The second kappa shape index (κ2) is 7.07. The first-order valence-corrected chi connectivity index (χ1v) is 8.37. The Morgan fingerprint density at radius 1 is 1.18 bits per heavy atom. The molecular weight excluding hydrogens is 292 g/mol. The minimum Gasteiger partial charge on any atom is -0.325 e. The van der Waals surface area contributed by atoms with Crippen LogP contribution in [0.15, 0.2) is 41.8 Å². The third kappa shape index (κ3) is 4.68. The Balaban J connectivity index is 1.95. The largest absolute Gasteiger partial charge is 0.325 e. The molecule has 1 aromatic heterocycles. The minimum atomic E-state index is -0.0188. The van der Waals surface area contributed by atoms with Gasteiger partial charge in [-0.3, -0.25) is 4.79 Å². The van der Waals surface area contributed by atoms with Crippen molar-refractivity contribution in [3.05, 3.63) is 52.2 Å². The number of carbonyl (C=O) groups is 1. The lowest BCUT2D eigenvalue weighted by atomic mass is 9.86. The second-order valence-corrected chi connectivity index (χ2v) is 7.59. The maximum Gasteiger partial charge on any atom is 0.238 e. The Morgan fingerprint density at radius 3 is 2.41 bits per heavy atom. The molecule has 0 aliphatic carbocycles. The van der Waals surface area contributed by atoms with Gasteiger partial charge in [0.1, 0.15) is 0 Å². The van der Waals surface area contributed by atoms with E-state index in [1.807, 2.05) is 37.3 Å². The van der Waals surface area contributed by atoms with Crippen molar-refractivity contribution in [3.8, 4) is 0 Å². The Hall–Kier alpha value is -1.65. The van der Waals surface area contributed by atoms with Crippen molar-refractivity contribution in [2.75, 3.05) is 11.9 Å². The van der Waals surface area contributed by atoms with Crippen molar-refractivity contribution < 1.29 is 4.79 Å². The summed E-state index contributed by atoms with van der Waals surface area (Å²) in [5.74, 6) is -0.0188. The molecule has 118 valence electrons. The van der Waals surface area contributed by atoms with Gasteiger partial charge in [0.25, 0.3) is 0 Å². The first-order chi connectivity index (χ1) is 10.4. The summed E-state index contributed by atoms with van der Waals surface area (Å²) in [6.07, 6.45) is 0. The zero-order valence-electron chi connectivity index (χ0n) is 13.6. The van der Waals surface area contributed by atoms with Crippen molar-refractivity contribution in [2.24, 2.45) is 5.41 Å². The molecule has 0 saturated heterocycles. The number of nitrogens with one attached hydrogen (secondary N) is 2. The quantitative estimate of drug-likeness (QED) is 0.860. The van der Waals surface area contributed by atoms with Crippen LogP contribution in [-0.2, 0) is 4.79 Å². The number of hydrogen-bond donors (Lipinski definition) is 2. The smallest absolute Gasteiger partial charge is 0.238 e. The van der Waals surface area contributed by atoms with Crippen LogP contribution in [0.25, 0.3) is 0 Å². The summed E-state index contributed by atoms with van der Waals surface area (Å²) in [5.41, 5.74) is 2.07. The third-order valence-electron chi connectivity index (χ3n) is 3.50. The van der Waals surface area contributed by atoms with Gasteiger partial charge < -0.3 is 10.6 Å². The Labute approximate surface area is 136 Å². The molecule has 2 rings (SSSR count). The van der Waals surface area contributed by atoms with E-state index in [0.29, 0.717) is 6.54 Å². The van der Waals surface area contributed by atoms with Crippen LogP contribution in [0.3, 0.4) is 0 Å². The summed E-state index contributed by atoms with van der Waals surface area (Å²) < 4.78 is 0. The predicted molar refractivity (Wildman–Crippen MR) is 94.3 cm³/mol. The van der Waals surface area contributed by atoms with Crippen molar-refractivity contribution >= 4 is 22.9 Å². The molecular formula is C18H24N2OS. The molecule has 0 saturated carbocycles. The highest BCUT2D eigenvalue weighted by Gasteiger charge is 2.27. The fraction of sp³-hybridized carbons (Fsp3) is 0.389. The van der Waals surface area contributed by atoms with Gasteiger partial charge in [-0.25, -0.2) is 0 Å². The van der Waals surface area contributed by atoms with Gasteiger partial charge in [-0.05, 0) is 35.9 Å². The van der Waals surface area contributed by atoms with Crippen molar-refractivity contribution in [2.45, 2.75) is 33.7 Å². The molecule has 2 N–H and O–H groups in total. The highest BCUT2D eigenvalue weighted by Crippen LogP contribution is 2.34. The maximum absolute atomic E-state index is 12.1. The van der Waals surface area contributed by atoms with Gasteiger partial charge >= 0.3 is 0 Å². The molecule has 0 aliphatic heterocycles. The Bertz CT molecular complexity index is 597. The van der Waals surface area contributed by atoms with Crippen LogP contribution >= 0.6 is 11.3 Å². The summed E-state index contributed by atoms with van der Waals surface area (Å²) in [7, 11) is 0. The minimum absolute atomic E-state index is 0.0188. The molecule has 0 spiro atoms. The van der Waals surface area contributed by atoms with Gasteiger partial charge in [0.05, 0.1) is 6.54 Å². The highest BCUT2D eigenvalue weighted by molar-refractivity contribution is 7.10. The maximum atomic E-state index is 12.1. The van der Waals surface area contributed by atoms with Crippen LogP contribution in [0.1, 0.15) is 37.3 Å². The lowest BCUT2D eigenvalue weighted by Crippen LogP contribution is -2.37. The summed E-state index contributed by atoms with van der Waals surface area (Å²) in [4.78, 5) is 13.4. The number of amides is 1. The van der Waals surface area contributed by atoms with E-state index >= 15 is 0 Å². The molecule has 1 amide bonds. The number of rotatable bonds is 5. The lowest BCUT2D eigenvalue weighted by molar-refractivity contribution is -0.115. The van der Waals surface area contributed by atoms with E-state index < -0.39 is 0 Å². The van der Waals surface area contributed by atoms with Crippen LogP contribution in [0.2, 0.25) is 0 Å². The summed E-state index contributed by atoms with van der Waals surface area (Å²) in [6.45, 7) is 8.88. The number of thiophene rings is 1. The summed E-state index contributed by atoms with van der Waals surface area (Å²) >= 11 is 1.72. The molecule has 1 unspecified atom stereocenters. The predicted octanol–water partition coefficient (Wildman–Crippen LogP) is 4.37. The van der Waals surface area contributed by atoms with Gasteiger partial charge in [-0.1, -0.05) is 44.5 Å². The van der Waals surface area contributed by atoms with Gasteiger partial charge in [0.2, 0.25) is 5.91 Å². The first kappa shape index (κ1) is 16.7. The molecule has 2 aromatic rings. The third-order valence-corrected chi connectivity index (χ3v) is 4.43. The number of anilines is 1. The van der Waals surface area contributed by atoms with Crippen LogP contribution in [0.5, 0.6) is 0 Å². The average Bonchev–Trinajstić information content (AvgIpc) is 2.94. The molecule has 0 aliphatic rings. The van der Waals surface area contributed by atoms with E-state index in [0.717, 1.165) is 5.69 Å². The number of carbonyl (C=O) groups excluding carboxylic acids is 1. The molecule has 4 heteroatoms. The number of benzene rings is 1. The second-order valence-electron chi connectivity index (χ2n) is 6.61. The van der Waals surface area contributed by atoms with Crippen LogP contribution in [0.4, 0.5) is 5.69 Å². The fourth-order valence-corrected chi connectivity index (χ4v) is 3.37. The summed E-state index contributed by atoms with van der Waals surface area (Å²) in [6, 6.07) is 12.2. The van der Waals surface area contributed by atoms with Crippen molar-refractivity contribution in [1.82, 2.24) is 5.32 Å². The van der Waals surface area contributed by atoms with E-state index in [-0.39, 0.29) is 17.4 Å². The Kier molecular flexibility index (Phi) is 5.37. The van der Waals surface area contributed by atoms with E-state index in [4.69, 9.17) is 0 Å². The topological polar surface area (TPSA) is 41.1 Å². The van der Waals surface area contributed by atoms with Crippen LogP contribution < -0.4 is 10.6 Å². The number of aryl methyl sites for hydroxylation is 1. The molecule has 1 aromatic carbocycles. The molecule has 1 atom stereocenters. The molecule has 0 radical (unpaired) electrons. The normalized spacial score (nSPS) is 12.9. The lowest BCUT2D eigenvalue weighted by Gasteiger charge is -2.30. The van der Waals surface area contributed by atoms with Gasteiger partial charge in [0, 0.05) is 16.6 Å². The van der Waals surface area contributed by atoms with E-state index in [1.165, 1.54) is 10.4 Å². The first-order valence-electron chi connectivity index (χ1n) is 7.49.